The minimum absolute atomic E-state index is 0.141. The van der Waals surface area contributed by atoms with Gasteiger partial charge in [0, 0.05) is 12.3 Å². The summed E-state index contributed by atoms with van der Waals surface area (Å²) in [5.74, 6) is 1.66. The van der Waals surface area contributed by atoms with Crippen molar-refractivity contribution in [2.45, 2.75) is 32.6 Å². The van der Waals surface area contributed by atoms with Gasteiger partial charge in [0.15, 0.2) is 0 Å². The molecule has 0 radical (unpaired) electrons. The molecule has 20 heavy (non-hydrogen) atoms. The summed E-state index contributed by atoms with van der Waals surface area (Å²) < 4.78 is 0. The van der Waals surface area contributed by atoms with Crippen LogP contribution in [0.4, 0.5) is 0 Å². The van der Waals surface area contributed by atoms with Crippen molar-refractivity contribution in [2.24, 2.45) is 0 Å². The summed E-state index contributed by atoms with van der Waals surface area (Å²) in [4.78, 5) is 25.6. The molecule has 0 spiro atoms. The average Bonchev–Trinajstić information content (AvgIpc) is 2.71. The van der Waals surface area contributed by atoms with Crippen LogP contribution < -0.4 is 0 Å². The van der Waals surface area contributed by atoms with Crippen LogP contribution in [0.5, 0.6) is 0 Å². The van der Waals surface area contributed by atoms with Crippen LogP contribution in [0, 0.1) is 0 Å². The fourth-order valence-corrected chi connectivity index (χ4v) is 3.26. The number of hydrogen-bond acceptors (Lipinski definition) is 3. The SMILES string of the molecule is CCCCCCSCCN1C(=O)c2ccccc2C1=O. The van der Waals surface area contributed by atoms with E-state index in [2.05, 4.69) is 6.92 Å². The molecule has 2 rings (SSSR count). The van der Waals surface area contributed by atoms with E-state index in [0.29, 0.717) is 17.7 Å². The molecule has 0 atom stereocenters. The Morgan fingerprint density at radius 1 is 0.950 bits per heavy atom. The van der Waals surface area contributed by atoms with E-state index in [1.807, 2.05) is 11.8 Å². The van der Waals surface area contributed by atoms with Crippen molar-refractivity contribution in [1.29, 1.82) is 0 Å². The van der Waals surface area contributed by atoms with Crippen molar-refractivity contribution in [1.82, 2.24) is 4.90 Å². The first-order chi connectivity index (χ1) is 9.75. The third-order valence-electron chi connectivity index (χ3n) is 3.48. The van der Waals surface area contributed by atoms with Crippen LogP contribution in [-0.4, -0.2) is 34.8 Å². The molecular formula is C16H21NO2S. The molecule has 108 valence electrons. The summed E-state index contributed by atoms with van der Waals surface area (Å²) in [6.45, 7) is 2.72. The van der Waals surface area contributed by atoms with Gasteiger partial charge in [0.2, 0.25) is 0 Å². The van der Waals surface area contributed by atoms with Crippen LogP contribution in [-0.2, 0) is 0 Å². The van der Waals surface area contributed by atoms with Gasteiger partial charge >= 0.3 is 0 Å². The number of benzene rings is 1. The lowest BCUT2D eigenvalue weighted by Gasteiger charge is -2.13. The van der Waals surface area contributed by atoms with Gasteiger partial charge in [0.1, 0.15) is 0 Å². The summed E-state index contributed by atoms with van der Waals surface area (Å²) in [5.41, 5.74) is 1.09. The minimum atomic E-state index is -0.141. The molecule has 0 unspecified atom stereocenters. The highest BCUT2D eigenvalue weighted by Gasteiger charge is 2.34. The standard InChI is InChI=1S/C16H21NO2S/c1-2-3-4-7-11-20-12-10-17-15(18)13-8-5-6-9-14(13)16(17)19/h5-6,8-9H,2-4,7,10-12H2,1H3. The molecule has 1 aliphatic rings. The van der Waals surface area contributed by atoms with Gasteiger partial charge in [-0.15, -0.1) is 0 Å². The number of unbranched alkanes of at least 4 members (excludes halogenated alkanes) is 3. The largest absolute Gasteiger partial charge is 0.274 e. The third kappa shape index (κ3) is 3.42. The van der Waals surface area contributed by atoms with Gasteiger partial charge in [0.05, 0.1) is 11.1 Å². The van der Waals surface area contributed by atoms with Crippen LogP contribution in [0.1, 0.15) is 53.3 Å². The van der Waals surface area contributed by atoms with E-state index < -0.39 is 0 Å². The van der Waals surface area contributed by atoms with Gasteiger partial charge < -0.3 is 0 Å². The summed E-state index contributed by atoms with van der Waals surface area (Å²) >= 11 is 1.83. The molecule has 4 heteroatoms. The zero-order valence-electron chi connectivity index (χ0n) is 11.9. The minimum Gasteiger partial charge on any atom is -0.274 e. The van der Waals surface area contributed by atoms with Gasteiger partial charge in [-0.3, -0.25) is 14.5 Å². The summed E-state index contributed by atoms with van der Waals surface area (Å²) in [7, 11) is 0. The van der Waals surface area contributed by atoms with Gasteiger partial charge in [-0.25, -0.2) is 0 Å². The highest BCUT2D eigenvalue weighted by Crippen LogP contribution is 2.22. The number of imide groups is 1. The Kier molecular flexibility index (Phi) is 5.65. The normalized spacial score (nSPS) is 13.9. The second-order valence-corrected chi connectivity index (χ2v) is 6.21. The topological polar surface area (TPSA) is 37.4 Å². The maximum atomic E-state index is 12.1. The van der Waals surface area contributed by atoms with Crippen molar-refractivity contribution in [3.8, 4) is 0 Å². The molecule has 0 fully saturated rings. The highest BCUT2D eigenvalue weighted by molar-refractivity contribution is 7.99. The van der Waals surface area contributed by atoms with Crippen molar-refractivity contribution in [3.05, 3.63) is 35.4 Å². The van der Waals surface area contributed by atoms with E-state index in [1.54, 1.807) is 24.3 Å². The number of carbonyl (C=O) groups excluding carboxylic acids is 2. The Balaban J connectivity index is 1.75. The molecule has 0 aromatic heterocycles. The van der Waals surface area contributed by atoms with E-state index in [4.69, 9.17) is 0 Å². The quantitative estimate of drug-likeness (QED) is 0.542. The Morgan fingerprint density at radius 3 is 2.20 bits per heavy atom. The van der Waals surface area contributed by atoms with E-state index in [9.17, 15) is 9.59 Å². The molecule has 1 aromatic rings. The average molecular weight is 291 g/mol. The van der Waals surface area contributed by atoms with E-state index in [-0.39, 0.29) is 11.8 Å². The number of nitrogens with zero attached hydrogens (tertiary/aromatic N) is 1. The predicted octanol–water partition coefficient (Wildman–Crippen LogP) is 3.60. The molecule has 0 aliphatic carbocycles. The number of amides is 2. The Morgan fingerprint density at radius 2 is 1.60 bits per heavy atom. The van der Waals surface area contributed by atoms with Crippen molar-refractivity contribution in [3.63, 3.8) is 0 Å². The lowest BCUT2D eigenvalue weighted by atomic mass is 10.1. The monoisotopic (exact) mass is 291 g/mol. The second kappa shape index (κ2) is 7.48. The van der Waals surface area contributed by atoms with Crippen LogP contribution in [0.25, 0.3) is 0 Å². The van der Waals surface area contributed by atoms with Crippen LogP contribution in [0.15, 0.2) is 24.3 Å². The van der Waals surface area contributed by atoms with Crippen LogP contribution in [0.2, 0.25) is 0 Å². The molecule has 0 N–H and O–H groups in total. The fraction of sp³-hybridized carbons (Fsp3) is 0.500. The molecule has 3 nitrogen and oxygen atoms in total. The summed E-state index contributed by atoms with van der Waals surface area (Å²) in [6.07, 6.45) is 5.04. The lowest BCUT2D eigenvalue weighted by Crippen LogP contribution is -2.31. The van der Waals surface area contributed by atoms with Gasteiger partial charge in [-0.1, -0.05) is 38.3 Å². The van der Waals surface area contributed by atoms with E-state index >= 15 is 0 Å². The predicted molar refractivity (Wildman–Crippen MR) is 83.3 cm³/mol. The van der Waals surface area contributed by atoms with Crippen molar-refractivity contribution >= 4 is 23.6 Å². The number of rotatable bonds is 8. The van der Waals surface area contributed by atoms with Crippen molar-refractivity contribution < 1.29 is 9.59 Å². The van der Waals surface area contributed by atoms with E-state index in [0.717, 1.165) is 11.5 Å². The maximum Gasteiger partial charge on any atom is 0.261 e. The molecule has 0 saturated heterocycles. The Hall–Kier alpha value is -1.29. The molecule has 1 heterocycles. The van der Waals surface area contributed by atoms with E-state index in [1.165, 1.54) is 30.6 Å². The number of fused-ring (bicyclic) bond motifs is 1. The molecule has 0 saturated carbocycles. The number of carbonyl (C=O) groups is 2. The zero-order valence-corrected chi connectivity index (χ0v) is 12.7. The fourth-order valence-electron chi connectivity index (χ4n) is 2.33. The van der Waals surface area contributed by atoms with Crippen molar-refractivity contribution in [2.75, 3.05) is 18.1 Å². The second-order valence-electron chi connectivity index (χ2n) is 4.98. The first-order valence-electron chi connectivity index (χ1n) is 7.28. The zero-order chi connectivity index (χ0) is 14.4. The molecule has 0 bridgehead atoms. The number of hydrogen-bond donors (Lipinski definition) is 0. The van der Waals surface area contributed by atoms with Gasteiger partial charge in [-0.2, -0.15) is 11.8 Å². The first kappa shape index (κ1) is 15.1. The maximum absolute atomic E-state index is 12.1. The van der Waals surface area contributed by atoms with Crippen LogP contribution in [0.3, 0.4) is 0 Å². The Labute approximate surface area is 124 Å². The first-order valence-corrected chi connectivity index (χ1v) is 8.44. The van der Waals surface area contributed by atoms with Gasteiger partial charge in [-0.05, 0) is 24.3 Å². The smallest absolute Gasteiger partial charge is 0.261 e. The highest BCUT2D eigenvalue weighted by atomic mass is 32.2. The molecular weight excluding hydrogens is 270 g/mol. The third-order valence-corrected chi connectivity index (χ3v) is 4.53. The summed E-state index contributed by atoms with van der Waals surface area (Å²) in [5, 5.41) is 0. The number of thioether (sulfide) groups is 1. The van der Waals surface area contributed by atoms with Gasteiger partial charge in [0.25, 0.3) is 11.8 Å². The summed E-state index contributed by atoms with van der Waals surface area (Å²) in [6, 6.07) is 7.06. The molecule has 2 amide bonds. The molecule has 1 aromatic carbocycles. The van der Waals surface area contributed by atoms with Crippen LogP contribution >= 0.6 is 11.8 Å². The Bertz CT molecular complexity index is 452. The lowest BCUT2D eigenvalue weighted by molar-refractivity contribution is 0.0664. The molecule has 1 aliphatic heterocycles.